The highest BCUT2D eigenvalue weighted by molar-refractivity contribution is 7.17. The van der Waals surface area contributed by atoms with E-state index in [2.05, 4.69) is 20.0 Å². The minimum atomic E-state index is -0.376. The lowest BCUT2D eigenvalue weighted by Gasteiger charge is -2.04. The van der Waals surface area contributed by atoms with Crippen molar-refractivity contribution in [2.24, 2.45) is 0 Å². The van der Waals surface area contributed by atoms with Crippen molar-refractivity contribution in [2.75, 3.05) is 12.4 Å². The summed E-state index contributed by atoms with van der Waals surface area (Å²) in [6.07, 6.45) is 3.22. The van der Waals surface area contributed by atoms with E-state index in [-0.39, 0.29) is 5.97 Å². The molecule has 0 unspecified atom stereocenters. The molecule has 0 radical (unpaired) electrons. The number of anilines is 2. The summed E-state index contributed by atoms with van der Waals surface area (Å²) in [5.41, 5.74) is 1.75. The molecule has 2 rings (SSSR count). The molecule has 0 amide bonds. The van der Waals surface area contributed by atoms with Crippen LogP contribution in [0.2, 0.25) is 0 Å². The number of aryl methyl sites for hydroxylation is 1. The first-order valence-corrected chi connectivity index (χ1v) is 5.75. The van der Waals surface area contributed by atoms with Gasteiger partial charge in [-0.3, -0.25) is 4.98 Å². The fourth-order valence-electron chi connectivity index (χ4n) is 1.26. The van der Waals surface area contributed by atoms with Gasteiger partial charge in [0.25, 0.3) is 0 Å². The third kappa shape index (κ3) is 2.59. The number of hydrogen-bond acceptors (Lipinski definition) is 6. The predicted octanol–water partition coefficient (Wildman–Crippen LogP) is 2.38. The van der Waals surface area contributed by atoms with Gasteiger partial charge in [-0.2, -0.15) is 0 Å². The van der Waals surface area contributed by atoms with E-state index >= 15 is 0 Å². The van der Waals surface area contributed by atoms with E-state index in [1.807, 2.05) is 19.1 Å². The Kier molecular flexibility index (Phi) is 3.34. The number of rotatable bonds is 3. The van der Waals surface area contributed by atoms with Crippen LogP contribution in [0.5, 0.6) is 0 Å². The van der Waals surface area contributed by atoms with Gasteiger partial charge in [0.05, 0.1) is 24.7 Å². The molecule has 0 aliphatic carbocycles. The van der Waals surface area contributed by atoms with Crippen LogP contribution in [0.3, 0.4) is 0 Å². The van der Waals surface area contributed by atoms with Crippen LogP contribution in [0.4, 0.5) is 10.8 Å². The second-order valence-corrected chi connectivity index (χ2v) is 4.31. The summed E-state index contributed by atoms with van der Waals surface area (Å²) < 4.78 is 4.61. The van der Waals surface area contributed by atoms with Crippen LogP contribution >= 0.6 is 11.3 Å². The molecule has 0 fully saturated rings. The summed E-state index contributed by atoms with van der Waals surface area (Å²) in [5, 5.41) is 3.75. The van der Waals surface area contributed by atoms with Gasteiger partial charge in [-0.15, -0.1) is 0 Å². The molecule has 0 atom stereocenters. The molecule has 17 heavy (non-hydrogen) atoms. The lowest BCUT2D eigenvalue weighted by molar-refractivity contribution is 0.0606. The Morgan fingerprint density at radius 2 is 2.29 bits per heavy atom. The fourth-order valence-corrected chi connectivity index (χ4v) is 2.01. The quantitative estimate of drug-likeness (QED) is 0.846. The zero-order valence-electron chi connectivity index (χ0n) is 9.43. The van der Waals surface area contributed by atoms with Gasteiger partial charge in [0.15, 0.2) is 5.13 Å². The number of nitrogens with zero attached hydrogens (tertiary/aromatic N) is 2. The number of carbonyl (C=O) groups excluding carboxylic acids is 1. The minimum absolute atomic E-state index is 0.376. The Hall–Kier alpha value is -1.95. The van der Waals surface area contributed by atoms with Gasteiger partial charge in [0, 0.05) is 6.20 Å². The van der Waals surface area contributed by atoms with Crippen LogP contribution in [0, 0.1) is 6.92 Å². The van der Waals surface area contributed by atoms with Gasteiger partial charge in [0.2, 0.25) is 0 Å². The van der Waals surface area contributed by atoms with Gasteiger partial charge in [0.1, 0.15) is 4.88 Å². The molecule has 0 spiro atoms. The molecule has 2 aromatic heterocycles. The summed E-state index contributed by atoms with van der Waals surface area (Å²) in [7, 11) is 1.35. The minimum Gasteiger partial charge on any atom is -0.465 e. The Bertz CT molecular complexity index is 539. The van der Waals surface area contributed by atoms with Gasteiger partial charge in [-0.1, -0.05) is 11.3 Å². The van der Waals surface area contributed by atoms with E-state index in [1.54, 1.807) is 6.20 Å². The number of methoxy groups -OCH3 is 1. The van der Waals surface area contributed by atoms with Crippen LogP contribution in [-0.4, -0.2) is 23.0 Å². The Labute approximate surface area is 102 Å². The standard InChI is InChI=1S/C11H11N3O2S/c1-7-8(4-3-5-12-7)14-11-13-6-9(17-11)10(15)16-2/h3-6H,1-2H3,(H,13,14). The average molecular weight is 249 g/mol. The van der Waals surface area contributed by atoms with Gasteiger partial charge < -0.3 is 10.1 Å². The van der Waals surface area contributed by atoms with Crippen molar-refractivity contribution in [1.29, 1.82) is 0 Å². The summed E-state index contributed by atoms with van der Waals surface area (Å²) >= 11 is 1.24. The van der Waals surface area contributed by atoms with Crippen molar-refractivity contribution < 1.29 is 9.53 Å². The Morgan fingerprint density at radius 1 is 1.47 bits per heavy atom. The number of thiazole rings is 1. The van der Waals surface area contributed by atoms with Crippen molar-refractivity contribution in [2.45, 2.75) is 6.92 Å². The summed E-state index contributed by atoms with van der Waals surface area (Å²) in [6.45, 7) is 1.90. The van der Waals surface area contributed by atoms with Crippen molar-refractivity contribution >= 4 is 28.1 Å². The van der Waals surface area contributed by atoms with E-state index in [1.165, 1.54) is 24.6 Å². The van der Waals surface area contributed by atoms with Crippen molar-refractivity contribution in [3.63, 3.8) is 0 Å². The van der Waals surface area contributed by atoms with E-state index in [0.29, 0.717) is 10.0 Å². The normalized spacial score (nSPS) is 10.0. The third-order valence-corrected chi connectivity index (χ3v) is 3.03. The van der Waals surface area contributed by atoms with Crippen LogP contribution < -0.4 is 5.32 Å². The average Bonchev–Trinajstić information content (AvgIpc) is 2.80. The molecular weight excluding hydrogens is 238 g/mol. The number of hydrogen-bond donors (Lipinski definition) is 1. The highest BCUT2D eigenvalue weighted by Crippen LogP contribution is 2.23. The lowest BCUT2D eigenvalue weighted by Crippen LogP contribution is -1.96. The molecule has 5 nitrogen and oxygen atoms in total. The summed E-state index contributed by atoms with van der Waals surface area (Å²) in [6, 6.07) is 3.74. The number of nitrogens with one attached hydrogen (secondary N) is 1. The molecular formula is C11H11N3O2S. The molecule has 1 N–H and O–H groups in total. The molecule has 0 aromatic carbocycles. The molecule has 0 bridgehead atoms. The van der Waals surface area contributed by atoms with Gasteiger partial charge in [-0.05, 0) is 19.1 Å². The van der Waals surface area contributed by atoms with Crippen molar-refractivity contribution in [1.82, 2.24) is 9.97 Å². The molecule has 0 saturated heterocycles. The highest BCUT2D eigenvalue weighted by atomic mass is 32.1. The summed E-state index contributed by atoms with van der Waals surface area (Å²) in [4.78, 5) is 20.0. The highest BCUT2D eigenvalue weighted by Gasteiger charge is 2.10. The topological polar surface area (TPSA) is 64.1 Å². The van der Waals surface area contributed by atoms with Crippen molar-refractivity contribution in [3.8, 4) is 0 Å². The van der Waals surface area contributed by atoms with Gasteiger partial charge in [-0.25, -0.2) is 9.78 Å². The fraction of sp³-hybridized carbons (Fsp3) is 0.182. The number of ether oxygens (including phenoxy) is 1. The van der Waals surface area contributed by atoms with Crippen LogP contribution in [0.1, 0.15) is 15.4 Å². The summed E-state index contributed by atoms with van der Waals surface area (Å²) in [5.74, 6) is -0.376. The van der Waals surface area contributed by atoms with Crippen LogP contribution in [-0.2, 0) is 4.74 Å². The number of aromatic nitrogens is 2. The smallest absolute Gasteiger partial charge is 0.349 e. The maximum atomic E-state index is 11.3. The van der Waals surface area contributed by atoms with E-state index in [4.69, 9.17) is 0 Å². The molecule has 2 heterocycles. The molecule has 6 heteroatoms. The lowest BCUT2D eigenvalue weighted by atomic mass is 10.3. The SMILES string of the molecule is COC(=O)c1cnc(Nc2cccnc2C)s1. The third-order valence-electron chi connectivity index (χ3n) is 2.14. The zero-order chi connectivity index (χ0) is 12.3. The number of esters is 1. The monoisotopic (exact) mass is 249 g/mol. The maximum absolute atomic E-state index is 11.3. The first-order chi connectivity index (χ1) is 8.20. The van der Waals surface area contributed by atoms with Gasteiger partial charge >= 0.3 is 5.97 Å². The van der Waals surface area contributed by atoms with E-state index in [0.717, 1.165) is 11.4 Å². The molecule has 0 aliphatic heterocycles. The second kappa shape index (κ2) is 4.92. The Morgan fingerprint density at radius 3 is 3.00 bits per heavy atom. The van der Waals surface area contributed by atoms with E-state index in [9.17, 15) is 4.79 Å². The predicted molar refractivity (Wildman–Crippen MR) is 65.7 cm³/mol. The second-order valence-electron chi connectivity index (χ2n) is 3.28. The number of carbonyl (C=O) groups is 1. The zero-order valence-corrected chi connectivity index (χ0v) is 10.2. The molecule has 0 aliphatic rings. The van der Waals surface area contributed by atoms with Crippen LogP contribution in [0.25, 0.3) is 0 Å². The molecule has 0 saturated carbocycles. The number of pyridine rings is 1. The molecule has 2 aromatic rings. The Balaban J connectivity index is 2.17. The van der Waals surface area contributed by atoms with E-state index < -0.39 is 0 Å². The van der Waals surface area contributed by atoms with Crippen LogP contribution in [0.15, 0.2) is 24.5 Å². The largest absolute Gasteiger partial charge is 0.465 e. The first-order valence-electron chi connectivity index (χ1n) is 4.93. The first kappa shape index (κ1) is 11.5. The maximum Gasteiger partial charge on any atom is 0.349 e. The van der Waals surface area contributed by atoms with Crippen molar-refractivity contribution in [3.05, 3.63) is 35.1 Å². The molecule has 88 valence electrons.